The number of carbonyl (C=O) groups excluding carboxylic acids is 1. The molecule has 0 N–H and O–H groups in total. The zero-order chi connectivity index (χ0) is 23.7. The number of fused-ring (bicyclic) bond motifs is 1. The zero-order valence-corrected chi connectivity index (χ0v) is 21.8. The molecule has 0 amide bonds. The molecule has 2 aromatic heterocycles. The summed E-state index contributed by atoms with van der Waals surface area (Å²) in [5.74, 6) is 0.229. The largest absolute Gasteiger partial charge is 0.388 e. The molecule has 0 aromatic carbocycles. The van der Waals surface area contributed by atoms with E-state index in [4.69, 9.17) is 0 Å². The van der Waals surface area contributed by atoms with E-state index in [1.165, 1.54) is 24.6 Å². The van der Waals surface area contributed by atoms with Crippen molar-refractivity contribution in [3.05, 3.63) is 11.5 Å². The van der Waals surface area contributed by atoms with Crippen molar-refractivity contribution in [2.45, 2.75) is 78.9 Å². The Balaban J connectivity index is 0. The van der Waals surface area contributed by atoms with Crippen molar-refractivity contribution in [2.75, 3.05) is 34.1 Å². The highest BCUT2D eigenvalue weighted by Crippen LogP contribution is 2.27. The van der Waals surface area contributed by atoms with Crippen molar-refractivity contribution in [3.63, 3.8) is 0 Å². The lowest BCUT2D eigenvalue weighted by molar-refractivity contribution is 0.111. The van der Waals surface area contributed by atoms with Crippen LogP contribution in [0.4, 0.5) is 0 Å². The Morgan fingerprint density at radius 2 is 1.70 bits per heavy atom. The van der Waals surface area contributed by atoms with Gasteiger partial charge in [0.2, 0.25) is 0 Å². The number of likely N-dealkylation sites (tertiary alicyclic amines) is 1. The number of aryl methyl sites for hydroxylation is 1. The first-order valence-electron chi connectivity index (χ1n) is 10.9. The van der Waals surface area contributed by atoms with Crippen molar-refractivity contribution in [2.24, 2.45) is 0 Å². The molecule has 1 aliphatic rings. The normalized spacial score (nSPS) is 14.8. The number of likely N-dealkylation sites (N-methyl/N-ethyl adjacent to an activating group) is 1. The standard InChI is InChI=1S/C14H19N5OS.C2H6O.3C2H6/c1-9-12-13(15-11(8-20)16-14(12)21-3)19(17-9)7-10-5-4-6-18(10)2;1-3-2;3*1-2/h8,10H,4-7H2,1-3H3;1-2H3;3*1-2H3. The van der Waals surface area contributed by atoms with Crippen LogP contribution in [0.1, 0.15) is 70.7 Å². The van der Waals surface area contributed by atoms with Crippen molar-refractivity contribution in [1.29, 1.82) is 0 Å². The molecule has 0 aliphatic carbocycles. The highest BCUT2D eigenvalue weighted by atomic mass is 32.2. The van der Waals surface area contributed by atoms with Crippen molar-refractivity contribution in [3.8, 4) is 0 Å². The van der Waals surface area contributed by atoms with E-state index in [1.807, 2.05) is 59.4 Å². The number of hydrogen-bond acceptors (Lipinski definition) is 7. The van der Waals surface area contributed by atoms with Crippen LogP contribution in [0.3, 0.4) is 0 Å². The predicted octanol–water partition coefficient (Wildman–Crippen LogP) is 5.10. The third kappa shape index (κ3) is 8.70. The monoisotopic (exact) mass is 441 g/mol. The molecule has 1 atom stereocenters. The highest BCUT2D eigenvalue weighted by molar-refractivity contribution is 7.98. The van der Waals surface area contributed by atoms with E-state index >= 15 is 0 Å². The Morgan fingerprint density at radius 3 is 2.13 bits per heavy atom. The molecule has 2 aromatic rings. The third-order valence-corrected chi connectivity index (χ3v) is 4.79. The first-order valence-corrected chi connectivity index (χ1v) is 12.1. The zero-order valence-electron chi connectivity index (χ0n) is 20.9. The van der Waals surface area contributed by atoms with Crippen molar-refractivity contribution >= 4 is 29.1 Å². The fraction of sp³-hybridized carbons (Fsp3) is 0.727. The fourth-order valence-corrected chi connectivity index (χ4v) is 3.59. The molecule has 3 heterocycles. The number of rotatable bonds is 4. The molecular formula is C22H43N5O2S. The molecule has 1 unspecified atom stereocenters. The molecule has 7 nitrogen and oxygen atoms in total. The van der Waals surface area contributed by atoms with E-state index in [2.05, 4.69) is 31.8 Å². The lowest BCUT2D eigenvalue weighted by atomic mass is 10.2. The van der Waals surface area contributed by atoms with Gasteiger partial charge in [-0.05, 0) is 39.6 Å². The Morgan fingerprint density at radius 1 is 1.13 bits per heavy atom. The van der Waals surface area contributed by atoms with Crippen LogP contribution in [0, 0.1) is 6.92 Å². The molecule has 3 rings (SSSR count). The van der Waals surface area contributed by atoms with Crippen molar-refractivity contribution in [1.82, 2.24) is 24.6 Å². The molecule has 30 heavy (non-hydrogen) atoms. The van der Waals surface area contributed by atoms with Crippen LogP contribution < -0.4 is 0 Å². The highest BCUT2D eigenvalue weighted by Gasteiger charge is 2.24. The second-order valence-corrected chi connectivity index (χ2v) is 6.65. The van der Waals surface area contributed by atoms with Gasteiger partial charge in [0.25, 0.3) is 0 Å². The van der Waals surface area contributed by atoms with Crippen molar-refractivity contribution < 1.29 is 9.53 Å². The predicted molar refractivity (Wildman–Crippen MR) is 130 cm³/mol. The SMILES string of the molecule is CC.CC.CC.COC.CSc1nc(C=O)nc2c1c(C)nn2CC1CCCN1C. The number of ether oxygens (including phenoxy) is 1. The van der Waals surface area contributed by atoms with Crippen LogP contribution in [-0.4, -0.2) is 71.0 Å². The van der Waals surface area contributed by atoms with E-state index in [0.29, 0.717) is 12.3 Å². The quantitative estimate of drug-likeness (QED) is 0.371. The summed E-state index contributed by atoms with van der Waals surface area (Å²) in [6.45, 7) is 15.9. The van der Waals surface area contributed by atoms with Gasteiger partial charge in [-0.2, -0.15) is 5.10 Å². The summed E-state index contributed by atoms with van der Waals surface area (Å²) >= 11 is 1.52. The molecule has 1 fully saturated rings. The first kappa shape index (κ1) is 30.7. The Labute approximate surface area is 188 Å². The van der Waals surface area contributed by atoms with Gasteiger partial charge in [-0.25, -0.2) is 14.6 Å². The van der Waals surface area contributed by atoms with Crippen LogP contribution in [0.25, 0.3) is 11.0 Å². The van der Waals surface area contributed by atoms with Crippen LogP contribution in [0.15, 0.2) is 5.03 Å². The van der Waals surface area contributed by atoms with E-state index in [-0.39, 0.29) is 5.82 Å². The molecule has 174 valence electrons. The minimum absolute atomic E-state index is 0.229. The number of hydrogen-bond donors (Lipinski definition) is 0. The van der Waals surface area contributed by atoms with E-state index < -0.39 is 0 Å². The molecule has 0 radical (unpaired) electrons. The van der Waals surface area contributed by atoms with E-state index in [0.717, 1.165) is 34.8 Å². The van der Waals surface area contributed by atoms with Crippen LogP contribution in [0.5, 0.6) is 0 Å². The van der Waals surface area contributed by atoms with Gasteiger partial charge in [0.15, 0.2) is 17.8 Å². The van der Waals surface area contributed by atoms with Gasteiger partial charge in [-0.3, -0.25) is 4.79 Å². The average molecular weight is 442 g/mol. The smallest absolute Gasteiger partial charge is 0.195 e. The molecule has 1 saturated heterocycles. The number of aldehydes is 1. The summed E-state index contributed by atoms with van der Waals surface area (Å²) in [6, 6.07) is 0.486. The molecule has 0 bridgehead atoms. The molecular weight excluding hydrogens is 398 g/mol. The second-order valence-electron chi connectivity index (χ2n) is 5.86. The molecule has 8 heteroatoms. The van der Waals surface area contributed by atoms with Gasteiger partial charge in [0.05, 0.1) is 17.6 Å². The second kappa shape index (κ2) is 18.3. The van der Waals surface area contributed by atoms with Gasteiger partial charge >= 0.3 is 0 Å². The van der Waals surface area contributed by atoms with Gasteiger partial charge in [0.1, 0.15) is 5.03 Å². The number of carbonyl (C=O) groups is 1. The van der Waals surface area contributed by atoms with E-state index in [9.17, 15) is 4.79 Å². The maximum absolute atomic E-state index is 11.1. The molecule has 0 spiro atoms. The third-order valence-electron chi connectivity index (χ3n) is 4.10. The summed E-state index contributed by atoms with van der Waals surface area (Å²) in [5.41, 5.74) is 1.70. The summed E-state index contributed by atoms with van der Waals surface area (Å²) < 4.78 is 6.19. The molecule has 0 saturated carbocycles. The minimum atomic E-state index is 0.229. The van der Waals surface area contributed by atoms with Gasteiger partial charge in [0, 0.05) is 20.3 Å². The fourth-order valence-electron chi connectivity index (χ4n) is 2.96. The Hall–Kier alpha value is -1.51. The lowest BCUT2D eigenvalue weighted by Gasteiger charge is -2.19. The maximum atomic E-state index is 11.1. The van der Waals surface area contributed by atoms with E-state index in [1.54, 1.807) is 14.2 Å². The summed E-state index contributed by atoms with van der Waals surface area (Å²) in [4.78, 5) is 22.1. The maximum Gasteiger partial charge on any atom is 0.195 e. The number of nitrogens with zero attached hydrogens (tertiary/aromatic N) is 5. The minimum Gasteiger partial charge on any atom is -0.388 e. The van der Waals surface area contributed by atoms with Gasteiger partial charge in [-0.15, -0.1) is 11.8 Å². The van der Waals surface area contributed by atoms with Crippen LogP contribution >= 0.6 is 11.8 Å². The lowest BCUT2D eigenvalue weighted by Crippen LogP contribution is -2.29. The topological polar surface area (TPSA) is 73.1 Å². The number of thioether (sulfide) groups is 1. The Bertz CT molecular complexity index is 706. The summed E-state index contributed by atoms with van der Waals surface area (Å²) in [5, 5.41) is 6.42. The van der Waals surface area contributed by atoms with Crippen LogP contribution in [0.2, 0.25) is 0 Å². The molecule has 1 aliphatic heterocycles. The summed E-state index contributed by atoms with van der Waals surface area (Å²) in [7, 11) is 5.40. The van der Waals surface area contributed by atoms with Gasteiger partial charge in [-0.1, -0.05) is 41.5 Å². The Kier molecular flexibility index (Phi) is 18.7. The number of methoxy groups -OCH3 is 1. The first-order chi connectivity index (χ1) is 14.5. The average Bonchev–Trinajstić information content (AvgIpc) is 3.35. The van der Waals surface area contributed by atoms with Crippen LogP contribution in [-0.2, 0) is 11.3 Å². The van der Waals surface area contributed by atoms with Gasteiger partial charge < -0.3 is 9.64 Å². The summed E-state index contributed by atoms with van der Waals surface area (Å²) in [6.07, 6.45) is 5.06. The number of aromatic nitrogens is 4.